The van der Waals surface area contributed by atoms with Gasteiger partial charge in [0.05, 0.1) is 6.54 Å². The van der Waals surface area contributed by atoms with Gasteiger partial charge >= 0.3 is 0 Å². The van der Waals surface area contributed by atoms with Crippen molar-refractivity contribution >= 4 is 17.6 Å². The quantitative estimate of drug-likeness (QED) is 0.625. The SMILES string of the molecule is CC(C)c1ccc(C(=O)CN2C(=O)CCCC2=O)cc1. The third-order valence-electron chi connectivity index (χ3n) is 3.58. The lowest BCUT2D eigenvalue weighted by molar-refractivity contribution is -0.147. The standard InChI is InChI=1S/C16H19NO3/c1-11(2)12-6-8-13(9-7-12)14(18)10-17-15(19)4-3-5-16(17)20/h6-9,11H,3-5,10H2,1-2H3. The van der Waals surface area contributed by atoms with E-state index in [0.717, 1.165) is 10.5 Å². The van der Waals surface area contributed by atoms with E-state index in [1.807, 2.05) is 12.1 Å². The first-order valence-electron chi connectivity index (χ1n) is 6.95. The molecule has 1 heterocycles. The summed E-state index contributed by atoms with van der Waals surface area (Å²) in [5, 5.41) is 0. The molecule has 0 saturated carbocycles. The Morgan fingerprint density at radius 2 is 1.65 bits per heavy atom. The maximum Gasteiger partial charge on any atom is 0.229 e. The van der Waals surface area contributed by atoms with E-state index in [1.54, 1.807) is 12.1 Å². The van der Waals surface area contributed by atoms with Crippen LogP contribution in [-0.4, -0.2) is 29.0 Å². The molecule has 0 radical (unpaired) electrons. The minimum Gasteiger partial charge on any atom is -0.292 e. The number of rotatable bonds is 4. The lowest BCUT2D eigenvalue weighted by Gasteiger charge is -2.24. The number of carbonyl (C=O) groups excluding carboxylic acids is 3. The summed E-state index contributed by atoms with van der Waals surface area (Å²) in [7, 11) is 0. The van der Waals surface area contributed by atoms with Crippen LogP contribution in [0.25, 0.3) is 0 Å². The molecule has 1 aromatic carbocycles. The molecule has 4 heteroatoms. The van der Waals surface area contributed by atoms with Crippen LogP contribution in [0.1, 0.15) is 54.9 Å². The highest BCUT2D eigenvalue weighted by Gasteiger charge is 2.27. The third-order valence-corrected chi connectivity index (χ3v) is 3.58. The zero-order valence-corrected chi connectivity index (χ0v) is 11.9. The van der Waals surface area contributed by atoms with E-state index in [2.05, 4.69) is 13.8 Å². The number of amides is 2. The molecular weight excluding hydrogens is 254 g/mol. The molecule has 1 aliphatic heterocycles. The van der Waals surface area contributed by atoms with Crippen LogP contribution >= 0.6 is 0 Å². The summed E-state index contributed by atoms with van der Waals surface area (Å²) in [4.78, 5) is 36.6. The van der Waals surface area contributed by atoms with Crippen molar-refractivity contribution in [2.24, 2.45) is 0 Å². The average Bonchev–Trinajstić information content (AvgIpc) is 2.43. The Kier molecular flexibility index (Phi) is 4.32. The number of carbonyl (C=O) groups is 3. The Morgan fingerprint density at radius 1 is 1.10 bits per heavy atom. The molecule has 20 heavy (non-hydrogen) atoms. The second-order valence-corrected chi connectivity index (χ2v) is 5.43. The van der Waals surface area contributed by atoms with Crippen LogP contribution in [0.2, 0.25) is 0 Å². The normalized spacial score (nSPS) is 15.8. The Labute approximate surface area is 118 Å². The second-order valence-electron chi connectivity index (χ2n) is 5.43. The second kappa shape index (κ2) is 5.99. The minimum atomic E-state index is -0.242. The van der Waals surface area contributed by atoms with E-state index in [1.165, 1.54) is 0 Å². The zero-order valence-electron chi connectivity index (χ0n) is 11.9. The molecule has 0 spiro atoms. The highest BCUT2D eigenvalue weighted by Crippen LogP contribution is 2.16. The van der Waals surface area contributed by atoms with Gasteiger partial charge in [-0.25, -0.2) is 0 Å². The molecular formula is C16H19NO3. The molecule has 0 atom stereocenters. The number of ketones is 1. The van der Waals surface area contributed by atoms with Gasteiger partial charge in [0.25, 0.3) is 0 Å². The molecule has 1 saturated heterocycles. The van der Waals surface area contributed by atoms with Gasteiger partial charge in [-0.3, -0.25) is 19.3 Å². The highest BCUT2D eigenvalue weighted by molar-refractivity contribution is 6.05. The maximum atomic E-state index is 12.1. The van der Waals surface area contributed by atoms with Crippen LogP contribution in [0.5, 0.6) is 0 Å². The summed E-state index contributed by atoms with van der Waals surface area (Å²) in [6, 6.07) is 7.35. The van der Waals surface area contributed by atoms with Crippen molar-refractivity contribution in [2.45, 2.75) is 39.0 Å². The molecule has 106 valence electrons. The van der Waals surface area contributed by atoms with Crippen molar-refractivity contribution in [3.63, 3.8) is 0 Å². The van der Waals surface area contributed by atoms with Gasteiger partial charge in [-0.1, -0.05) is 38.1 Å². The van der Waals surface area contributed by atoms with E-state index in [4.69, 9.17) is 0 Å². The third kappa shape index (κ3) is 3.13. The monoisotopic (exact) mass is 273 g/mol. The topological polar surface area (TPSA) is 54.5 Å². The summed E-state index contributed by atoms with van der Waals surface area (Å²) >= 11 is 0. The summed E-state index contributed by atoms with van der Waals surface area (Å²) < 4.78 is 0. The first-order valence-corrected chi connectivity index (χ1v) is 6.95. The number of hydrogen-bond donors (Lipinski definition) is 0. The molecule has 0 aromatic heterocycles. The zero-order chi connectivity index (χ0) is 14.7. The molecule has 1 fully saturated rings. The Balaban J connectivity index is 2.07. The van der Waals surface area contributed by atoms with Crippen molar-refractivity contribution in [3.8, 4) is 0 Å². The van der Waals surface area contributed by atoms with Gasteiger partial charge in [0.2, 0.25) is 11.8 Å². The van der Waals surface area contributed by atoms with Gasteiger partial charge in [0, 0.05) is 18.4 Å². The number of piperidine rings is 1. The van der Waals surface area contributed by atoms with Crippen LogP contribution in [-0.2, 0) is 9.59 Å². The molecule has 0 bridgehead atoms. The number of hydrogen-bond acceptors (Lipinski definition) is 3. The van der Waals surface area contributed by atoms with E-state index >= 15 is 0 Å². The number of likely N-dealkylation sites (tertiary alicyclic amines) is 1. The first kappa shape index (κ1) is 14.4. The number of Topliss-reactive ketones (excluding diaryl/α,β-unsaturated/α-hetero) is 1. The molecule has 1 aliphatic rings. The van der Waals surface area contributed by atoms with Crippen molar-refractivity contribution < 1.29 is 14.4 Å². The molecule has 0 N–H and O–H groups in total. The fourth-order valence-corrected chi connectivity index (χ4v) is 2.27. The summed E-state index contributed by atoms with van der Waals surface area (Å²) in [5.41, 5.74) is 1.70. The van der Waals surface area contributed by atoms with E-state index in [0.29, 0.717) is 30.7 Å². The Hall–Kier alpha value is -1.97. The van der Waals surface area contributed by atoms with Crippen LogP contribution in [0, 0.1) is 0 Å². The van der Waals surface area contributed by atoms with Crippen LogP contribution in [0.3, 0.4) is 0 Å². The average molecular weight is 273 g/mol. The van der Waals surface area contributed by atoms with Crippen LogP contribution in [0.4, 0.5) is 0 Å². The van der Waals surface area contributed by atoms with Crippen molar-refractivity contribution in [1.29, 1.82) is 0 Å². The molecule has 1 aromatic rings. The van der Waals surface area contributed by atoms with Gasteiger partial charge < -0.3 is 0 Å². The highest BCUT2D eigenvalue weighted by atomic mass is 16.2. The van der Waals surface area contributed by atoms with Gasteiger partial charge in [-0.15, -0.1) is 0 Å². The van der Waals surface area contributed by atoms with Crippen LogP contribution < -0.4 is 0 Å². The van der Waals surface area contributed by atoms with E-state index < -0.39 is 0 Å². The number of imide groups is 1. The summed E-state index contributed by atoms with van der Waals surface area (Å²) in [6.07, 6.45) is 1.29. The minimum absolute atomic E-state index is 0.140. The lowest BCUT2D eigenvalue weighted by Crippen LogP contribution is -2.43. The van der Waals surface area contributed by atoms with Crippen molar-refractivity contribution in [2.75, 3.05) is 6.54 Å². The molecule has 2 amide bonds. The van der Waals surface area contributed by atoms with E-state index in [-0.39, 0.29) is 24.1 Å². The van der Waals surface area contributed by atoms with Crippen molar-refractivity contribution in [1.82, 2.24) is 4.90 Å². The van der Waals surface area contributed by atoms with E-state index in [9.17, 15) is 14.4 Å². The summed E-state index contributed by atoms with van der Waals surface area (Å²) in [5.74, 6) is -0.268. The maximum absolute atomic E-state index is 12.1. The Bertz CT molecular complexity index is 515. The lowest BCUT2D eigenvalue weighted by atomic mass is 10.00. The molecule has 0 unspecified atom stereocenters. The van der Waals surface area contributed by atoms with Gasteiger partial charge in [0.15, 0.2) is 5.78 Å². The first-order chi connectivity index (χ1) is 9.49. The predicted molar refractivity (Wildman–Crippen MR) is 75.4 cm³/mol. The fraction of sp³-hybridized carbons (Fsp3) is 0.438. The number of nitrogens with zero attached hydrogens (tertiary/aromatic N) is 1. The van der Waals surface area contributed by atoms with Crippen molar-refractivity contribution in [3.05, 3.63) is 35.4 Å². The molecule has 2 rings (SSSR count). The largest absolute Gasteiger partial charge is 0.292 e. The molecule has 0 aliphatic carbocycles. The van der Waals surface area contributed by atoms with Gasteiger partial charge in [0.1, 0.15) is 0 Å². The summed E-state index contributed by atoms with van der Waals surface area (Å²) in [6.45, 7) is 4.03. The smallest absolute Gasteiger partial charge is 0.229 e. The van der Waals surface area contributed by atoms with Crippen LogP contribution in [0.15, 0.2) is 24.3 Å². The van der Waals surface area contributed by atoms with Gasteiger partial charge in [-0.2, -0.15) is 0 Å². The van der Waals surface area contributed by atoms with Gasteiger partial charge in [-0.05, 0) is 17.9 Å². The number of benzene rings is 1. The predicted octanol–water partition coefficient (Wildman–Crippen LogP) is 2.53. The fourth-order valence-electron chi connectivity index (χ4n) is 2.27. The Morgan fingerprint density at radius 3 is 2.15 bits per heavy atom. The molecule has 4 nitrogen and oxygen atoms in total.